The fourth-order valence-electron chi connectivity index (χ4n) is 2.98. The van der Waals surface area contributed by atoms with Crippen molar-refractivity contribution in [1.29, 1.82) is 0 Å². The highest BCUT2D eigenvalue weighted by atomic mass is 16.3. The van der Waals surface area contributed by atoms with Gasteiger partial charge in [0.25, 0.3) is 0 Å². The number of nitrogens with zero attached hydrogens (tertiary/aromatic N) is 1. The fraction of sp³-hybridized carbons (Fsp3) is 0.625. The van der Waals surface area contributed by atoms with Crippen LogP contribution in [0.5, 0.6) is 0 Å². The molecule has 1 aliphatic heterocycles. The van der Waals surface area contributed by atoms with Crippen LogP contribution in [0.15, 0.2) is 12.1 Å². The molecule has 1 fully saturated rings. The molecule has 0 amide bonds. The van der Waals surface area contributed by atoms with Crippen molar-refractivity contribution in [2.75, 3.05) is 19.7 Å². The number of rotatable bonds is 3. The molecular weight excluding hydrogens is 222 g/mol. The molecule has 0 radical (unpaired) electrons. The molecule has 1 aromatic carbocycles. The summed E-state index contributed by atoms with van der Waals surface area (Å²) in [5.41, 5.74) is 5.28. The van der Waals surface area contributed by atoms with Crippen molar-refractivity contribution in [1.82, 2.24) is 4.90 Å². The van der Waals surface area contributed by atoms with Gasteiger partial charge in [-0.05, 0) is 69.0 Å². The summed E-state index contributed by atoms with van der Waals surface area (Å²) in [5, 5.41) is 9.77. The first-order valence-electron chi connectivity index (χ1n) is 7.06. The van der Waals surface area contributed by atoms with E-state index < -0.39 is 0 Å². The predicted octanol–water partition coefficient (Wildman–Crippen LogP) is 3.13. The summed E-state index contributed by atoms with van der Waals surface area (Å²) in [4.78, 5) is 2.45. The van der Waals surface area contributed by atoms with E-state index >= 15 is 0 Å². The lowest BCUT2D eigenvalue weighted by molar-refractivity contribution is 0.104. The van der Waals surface area contributed by atoms with Crippen LogP contribution in [0.4, 0.5) is 0 Å². The van der Waals surface area contributed by atoms with Gasteiger partial charge in [0.2, 0.25) is 0 Å². The van der Waals surface area contributed by atoms with Crippen LogP contribution in [0.2, 0.25) is 0 Å². The summed E-state index contributed by atoms with van der Waals surface area (Å²) in [6.45, 7) is 8.94. The van der Waals surface area contributed by atoms with Gasteiger partial charge in [-0.3, -0.25) is 4.90 Å². The lowest BCUT2D eigenvalue weighted by Gasteiger charge is -2.34. The Labute approximate surface area is 111 Å². The maximum atomic E-state index is 9.77. The summed E-state index contributed by atoms with van der Waals surface area (Å²) < 4.78 is 0. The molecule has 1 aliphatic rings. The Hall–Kier alpha value is -0.860. The standard InChI is InChI=1S/C16H25NO/c1-12-9-14(3)15(10-13(12)2)16(11-18)17-7-5-4-6-8-17/h9-10,16,18H,4-8,11H2,1-3H3. The molecule has 18 heavy (non-hydrogen) atoms. The number of hydrogen-bond donors (Lipinski definition) is 1. The number of likely N-dealkylation sites (tertiary alicyclic amines) is 1. The quantitative estimate of drug-likeness (QED) is 0.887. The smallest absolute Gasteiger partial charge is 0.0628 e. The maximum absolute atomic E-state index is 9.77. The second kappa shape index (κ2) is 5.85. The second-order valence-electron chi connectivity index (χ2n) is 5.59. The highest BCUT2D eigenvalue weighted by Gasteiger charge is 2.23. The van der Waals surface area contributed by atoms with E-state index in [-0.39, 0.29) is 12.6 Å². The molecule has 1 N–H and O–H groups in total. The Morgan fingerprint density at radius 1 is 1.00 bits per heavy atom. The maximum Gasteiger partial charge on any atom is 0.0628 e. The minimum absolute atomic E-state index is 0.185. The molecule has 0 aromatic heterocycles. The Bertz CT molecular complexity index is 408. The van der Waals surface area contributed by atoms with Crippen molar-refractivity contribution in [3.8, 4) is 0 Å². The Balaban J connectivity index is 2.28. The molecule has 1 saturated heterocycles. The van der Waals surface area contributed by atoms with Gasteiger partial charge in [-0.15, -0.1) is 0 Å². The largest absolute Gasteiger partial charge is 0.394 e. The van der Waals surface area contributed by atoms with Crippen molar-refractivity contribution < 1.29 is 5.11 Å². The van der Waals surface area contributed by atoms with Crippen LogP contribution < -0.4 is 0 Å². The minimum atomic E-state index is 0.185. The van der Waals surface area contributed by atoms with E-state index in [1.165, 1.54) is 41.5 Å². The van der Waals surface area contributed by atoms with Gasteiger partial charge in [0.05, 0.1) is 12.6 Å². The zero-order chi connectivity index (χ0) is 13.1. The van der Waals surface area contributed by atoms with Gasteiger partial charge in [-0.25, -0.2) is 0 Å². The molecule has 1 atom stereocenters. The summed E-state index contributed by atoms with van der Waals surface area (Å²) in [6, 6.07) is 4.70. The van der Waals surface area contributed by atoms with Crippen molar-refractivity contribution in [2.45, 2.75) is 46.1 Å². The lowest BCUT2D eigenvalue weighted by Crippen LogP contribution is -2.36. The summed E-state index contributed by atoms with van der Waals surface area (Å²) in [7, 11) is 0. The van der Waals surface area contributed by atoms with Crippen LogP contribution in [0.25, 0.3) is 0 Å². The molecule has 1 heterocycles. The molecule has 2 heteroatoms. The summed E-state index contributed by atoms with van der Waals surface area (Å²) in [6.07, 6.45) is 3.86. The van der Waals surface area contributed by atoms with E-state index in [2.05, 4.69) is 37.8 Å². The van der Waals surface area contributed by atoms with Gasteiger partial charge in [0.1, 0.15) is 0 Å². The zero-order valence-electron chi connectivity index (χ0n) is 11.9. The van der Waals surface area contributed by atoms with E-state index in [1.807, 2.05) is 0 Å². The first-order valence-corrected chi connectivity index (χ1v) is 7.06. The topological polar surface area (TPSA) is 23.5 Å². The highest BCUT2D eigenvalue weighted by molar-refractivity contribution is 5.38. The predicted molar refractivity (Wildman–Crippen MR) is 75.9 cm³/mol. The lowest BCUT2D eigenvalue weighted by atomic mass is 9.94. The number of piperidine rings is 1. The Morgan fingerprint density at radius 2 is 1.61 bits per heavy atom. The monoisotopic (exact) mass is 247 g/mol. The van der Waals surface area contributed by atoms with E-state index in [0.717, 1.165) is 13.1 Å². The van der Waals surface area contributed by atoms with Gasteiger partial charge < -0.3 is 5.11 Å². The second-order valence-corrected chi connectivity index (χ2v) is 5.59. The molecule has 0 saturated carbocycles. The molecule has 1 unspecified atom stereocenters. The summed E-state index contributed by atoms with van der Waals surface area (Å²) >= 11 is 0. The molecule has 2 rings (SSSR count). The highest BCUT2D eigenvalue weighted by Crippen LogP contribution is 2.28. The summed E-state index contributed by atoms with van der Waals surface area (Å²) in [5.74, 6) is 0. The number of aryl methyl sites for hydroxylation is 3. The van der Waals surface area contributed by atoms with E-state index in [1.54, 1.807) is 0 Å². The Kier molecular flexibility index (Phi) is 4.41. The molecular formula is C16H25NO. The number of aliphatic hydroxyl groups is 1. The zero-order valence-corrected chi connectivity index (χ0v) is 11.9. The van der Waals surface area contributed by atoms with Crippen LogP contribution in [0, 0.1) is 20.8 Å². The number of benzene rings is 1. The average molecular weight is 247 g/mol. The number of hydrogen-bond acceptors (Lipinski definition) is 2. The van der Waals surface area contributed by atoms with Crippen molar-refractivity contribution in [3.05, 3.63) is 34.4 Å². The van der Waals surface area contributed by atoms with Gasteiger partial charge in [0, 0.05) is 0 Å². The Morgan fingerprint density at radius 3 is 2.22 bits per heavy atom. The fourth-order valence-corrected chi connectivity index (χ4v) is 2.98. The SMILES string of the molecule is Cc1cc(C)c(C(CO)N2CCCCC2)cc1C. The first-order chi connectivity index (χ1) is 8.63. The molecule has 1 aromatic rings. The van der Waals surface area contributed by atoms with Gasteiger partial charge in [-0.1, -0.05) is 18.6 Å². The van der Waals surface area contributed by atoms with Gasteiger partial charge in [-0.2, -0.15) is 0 Å². The first kappa shape index (κ1) is 13.6. The minimum Gasteiger partial charge on any atom is -0.394 e. The molecule has 0 spiro atoms. The third-order valence-corrected chi connectivity index (χ3v) is 4.25. The van der Waals surface area contributed by atoms with Gasteiger partial charge in [0.15, 0.2) is 0 Å². The molecule has 0 bridgehead atoms. The normalized spacial score (nSPS) is 18.9. The van der Waals surface area contributed by atoms with Gasteiger partial charge >= 0.3 is 0 Å². The van der Waals surface area contributed by atoms with E-state index in [0.29, 0.717) is 0 Å². The van der Waals surface area contributed by atoms with E-state index in [9.17, 15) is 5.11 Å². The molecule has 2 nitrogen and oxygen atoms in total. The van der Waals surface area contributed by atoms with Crippen LogP contribution in [0.1, 0.15) is 47.6 Å². The number of aliphatic hydroxyl groups excluding tert-OH is 1. The van der Waals surface area contributed by atoms with Crippen LogP contribution in [-0.4, -0.2) is 29.7 Å². The van der Waals surface area contributed by atoms with Crippen LogP contribution in [-0.2, 0) is 0 Å². The van der Waals surface area contributed by atoms with Crippen molar-refractivity contribution in [2.24, 2.45) is 0 Å². The average Bonchev–Trinajstić information content (AvgIpc) is 2.38. The van der Waals surface area contributed by atoms with Crippen molar-refractivity contribution in [3.63, 3.8) is 0 Å². The van der Waals surface area contributed by atoms with Crippen molar-refractivity contribution >= 4 is 0 Å². The third-order valence-electron chi connectivity index (χ3n) is 4.25. The van der Waals surface area contributed by atoms with Crippen LogP contribution in [0.3, 0.4) is 0 Å². The molecule has 100 valence electrons. The van der Waals surface area contributed by atoms with Crippen LogP contribution >= 0.6 is 0 Å². The third kappa shape index (κ3) is 2.76. The molecule has 0 aliphatic carbocycles. The van der Waals surface area contributed by atoms with E-state index in [4.69, 9.17) is 0 Å².